The van der Waals surface area contributed by atoms with Gasteiger partial charge in [0.05, 0.1) is 6.54 Å². The summed E-state index contributed by atoms with van der Waals surface area (Å²) >= 11 is 6.12. The predicted molar refractivity (Wildman–Crippen MR) is 78.5 cm³/mol. The molecule has 3 N–H and O–H groups in total. The first kappa shape index (κ1) is 14.2. The summed E-state index contributed by atoms with van der Waals surface area (Å²) in [5.41, 5.74) is -0.328. The molecule has 4 nitrogen and oxygen atoms in total. The van der Waals surface area contributed by atoms with Gasteiger partial charge in [0.1, 0.15) is 5.60 Å². The Morgan fingerprint density at radius 2 is 2.16 bits per heavy atom. The van der Waals surface area contributed by atoms with Crippen molar-refractivity contribution in [1.82, 2.24) is 10.6 Å². The lowest BCUT2D eigenvalue weighted by Crippen LogP contribution is -2.45. The summed E-state index contributed by atoms with van der Waals surface area (Å²) in [6.07, 6.45) is 2.36. The van der Waals surface area contributed by atoms with Gasteiger partial charge in [-0.05, 0) is 25.8 Å². The van der Waals surface area contributed by atoms with Crippen molar-refractivity contribution in [2.75, 3.05) is 13.6 Å². The first-order valence-corrected chi connectivity index (χ1v) is 6.85. The first-order valence-electron chi connectivity index (χ1n) is 6.47. The van der Waals surface area contributed by atoms with Crippen LogP contribution in [0.4, 0.5) is 0 Å². The van der Waals surface area contributed by atoms with E-state index < -0.39 is 5.60 Å². The molecule has 1 aliphatic rings. The van der Waals surface area contributed by atoms with Gasteiger partial charge in [0, 0.05) is 23.7 Å². The maximum Gasteiger partial charge on any atom is 0.191 e. The highest BCUT2D eigenvalue weighted by molar-refractivity contribution is 6.31. The van der Waals surface area contributed by atoms with Crippen LogP contribution >= 0.6 is 11.6 Å². The van der Waals surface area contributed by atoms with Crippen LogP contribution < -0.4 is 10.6 Å². The number of guanidine groups is 1. The second kappa shape index (κ2) is 5.80. The molecule has 0 amide bonds. The summed E-state index contributed by atoms with van der Waals surface area (Å²) in [7, 11) is 1.72. The third-order valence-corrected chi connectivity index (χ3v) is 3.53. The Labute approximate surface area is 118 Å². The quantitative estimate of drug-likeness (QED) is 0.583. The molecule has 0 aliphatic heterocycles. The minimum absolute atomic E-state index is 0.350. The number of halogens is 1. The third-order valence-electron chi connectivity index (χ3n) is 3.20. The first-order chi connectivity index (χ1) is 9.03. The third kappa shape index (κ3) is 3.85. The monoisotopic (exact) mass is 281 g/mol. The average Bonchev–Trinajstić information content (AvgIpc) is 3.18. The van der Waals surface area contributed by atoms with Crippen molar-refractivity contribution in [3.05, 3.63) is 34.9 Å². The number of nitrogens with zero attached hydrogens (tertiary/aromatic N) is 1. The molecule has 2 rings (SSSR count). The van der Waals surface area contributed by atoms with E-state index in [1.54, 1.807) is 20.0 Å². The molecule has 0 saturated heterocycles. The Morgan fingerprint density at radius 3 is 2.74 bits per heavy atom. The Bertz CT molecular complexity index is 470. The van der Waals surface area contributed by atoms with E-state index >= 15 is 0 Å². The van der Waals surface area contributed by atoms with Gasteiger partial charge < -0.3 is 15.7 Å². The second-order valence-corrected chi connectivity index (χ2v) is 5.51. The van der Waals surface area contributed by atoms with Crippen molar-refractivity contribution >= 4 is 17.6 Å². The average molecular weight is 282 g/mol. The van der Waals surface area contributed by atoms with Crippen molar-refractivity contribution in [2.24, 2.45) is 4.99 Å². The van der Waals surface area contributed by atoms with E-state index in [1.807, 2.05) is 18.2 Å². The molecule has 1 aliphatic carbocycles. The number of benzene rings is 1. The van der Waals surface area contributed by atoms with E-state index in [1.165, 1.54) is 12.8 Å². The second-order valence-electron chi connectivity index (χ2n) is 5.10. The Kier molecular flexibility index (Phi) is 4.32. The molecule has 1 aromatic rings. The Morgan fingerprint density at radius 1 is 1.47 bits per heavy atom. The van der Waals surface area contributed by atoms with E-state index in [0.717, 1.165) is 5.96 Å². The van der Waals surface area contributed by atoms with Gasteiger partial charge in [0.25, 0.3) is 0 Å². The molecule has 0 aromatic heterocycles. The van der Waals surface area contributed by atoms with Gasteiger partial charge in [0.2, 0.25) is 0 Å². The van der Waals surface area contributed by atoms with Gasteiger partial charge in [-0.3, -0.25) is 4.99 Å². The lowest BCUT2D eigenvalue weighted by molar-refractivity contribution is 0.0618. The SMILES string of the molecule is CN=C(NCC(C)(O)c1ccccc1Cl)NC1CC1. The topological polar surface area (TPSA) is 56.7 Å². The molecular formula is C14H20ClN3O. The van der Waals surface area contributed by atoms with Gasteiger partial charge in [-0.15, -0.1) is 0 Å². The van der Waals surface area contributed by atoms with Crippen molar-refractivity contribution < 1.29 is 5.11 Å². The van der Waals surface area contributed by atoms with Crippen LogP contribution in [0.1, 0.15) is 25.3 Å². The molecule has 1 aromatic carbocycles. The molecule has 0 heterocycles. The summed E-state index contributed by atoms with van der Waals surface area (Å²) in [5.74, 6) is 0.717. The van der Waals surface area contributed by atoms with Crippen molar-refractivity contribution in [1.29, 1.82) is 0 Å². The minimum atomic E-state index is -1.04. The van der Waals surface area contributed by atoms with Gasteiger partial charge in [0.15, 0.2) is 5.96 Å². The summed E-state index contributed by atoms with van der Waals surface area (Å²) < 4.78 is 0. The van der Waals surface area contributed by atoms with Crippen LogP contribution in [0.2, 0.25) is 5.02 Å². The normalized spacial score (nSPS) is 18.8. The lowest BCUT2D eigenvalue weighted by atomic mass is 9.96. The molecule has 0 spiro atoms. The number of hydrogen-bond acceptors (Lipinski definition) is 2. The fourth-order valence-corrected chi connectivity index (χ4v) is 2.20. The maximum absolute atomic E-state index is 10.5. The zero-order valence-corrected chi connectivity index (χ0v) is 12.0. The van der Waals surface area contributed by atoms with Crippen LogP contribution in [0, 0.1) is 0 Å². The van der Waals surface area contributed by atoms with Crippen LogP contribution in [-0.4, -0.2) is 30.7 Å². The number of nitrogens with one attached hydrogen (secondary N) is 2. The fourth-order valence-electron chi connectivity index (χ4n) is 1.86. The molecule has 104 valence electrons. The van der Waals surface area contributed by atoms with Crippen molar-refractivity contribution in [2.45, 2.75) is 31.4 Å². The predicted octanol–water partition coefficient (Wildman–Crippen LogP) is 1.87. The van der Waals surface area contributed by atoms with E-state index in [9.17, 15) is 5.11 Å². The lowest BCUT2D eigenvalue weighted by Gasteiger charge is -2.26. The maximum atomic E-state index is 10.5. The summed E-state index contributed by atoms with van der Waals surface area (Å²) in [6, 6.07) is 7.86. The highest BCUT2D eigenvalue weighted by atomic mass is 35.5. The largest absolute Gasteiger partial charge is 0.384 e. The molecule has 5 heteroatoms. The van der Waals surface area contributed by atoms with E-state index in [0.29, 0.717) is 23.2 Å². The molecule has 1 atom stereocenters. The van der Waals surface area contributed by atoms with Crippen LogP contribution in [0.15, 0.2) is 29.3 Å². The van der Waals surface area contributed by atoms with Crippen LogP contribution in [0.3, 0.4) is 0 Å². The molecule has 1 saturated carbocycles. The van der Waals surface area contributed by atoms with Crippen LogP contribution in [-0.2, 0) is 5.60 Å². The molecule has 1 fully saturated rings. The van der Waals surface area contributed by atoms with Crippen LogP contribution in [0.5, 0.6) is 0 Å². The van der Waals surface area contributed by atoms with Gasteiger partial charge in [-0.25, -0.2) is 0 Å². The van der Waals surface area contributed by atoms with Gasteiger partial charge >= 0.3 is 0 Å². The van der Waals surface area contributed by atoms with E-state index in [4.69, 9.17) is 11.6 Å². The zero-order chi connectivity index (χ0) is 13.9. The minimum Gasteiger partial charge on any atom is -0.384 e. The fraction of sp³-hybridized carbons (Fsp3) is 0.500. The van der Waals surface area contributed by atoms with E-state index in [2.05, 4.69) is 15.6 Å². The Balaban J connectivity index is 1.98. The number of rotatable bonds is 4. The summed E-state index contributed by atoms with van der Waals surface area (Å²) in [4.78, 5) is 4.14. The zero-order valence-electron chi connectivity index (χ0n) is 11.3. The summed E-state index contributed by atoms with van der Waals surface area (Å²) in [5, 5.41) is 17.5. The van der Waals surface area contributed by atoms with Gasteiger partial charge in [-0.1, -0.05) is 29.8 Å². The highest BCUT2D eigenvalue weighted by Gasteiger charge is 2.27. The molecule has 1 unspecified atom stereocenters. The number of hydrogen-bond donors (Lipinski definition) is 3. The number of aliphatic hydroxyl groups is 1. The highest BCUT2D eigenvalue weighted by Crippen LogP contribution is 2.27. The Hall–Kier alpha value is -1.26. The van der Waals surface area contributed by atoms with Crippen molar-refractivity contribution in [3.63, 3.8) is 0 Å². The van der Waals surface area contributed by atoms with Crippen molar-refractivity contribution in [3.8, 4) is 0 Å². The van der Waals surface area contributed by atoms with Gasteiger partial charge in [-0.2, -0.15) is 0 Å². The summed E-state index contributed by atoms with van der Waals surface area (Å²) in [6.45, 7) is 2.09. The van der Waals surface area contributed by atoms with E-state index in [-0.39, 0.29) is 0 Å². The molecule has 19 heavy (non-hydrogen) atoms. The standard InChI is InChI=1S/C14H20ClN3O/c1-14(19,11-5-3-4-6-12(11)15)9-17-13(16-2)18-10-7-8-10/h3-6,10,19H,7-9H2,1-2H3,(H2,16,17,18). The molecule has 0 bridgehead atoms. The number of aliphatic imine (C=N–C) groups is 1. The smallest absolute Gasteiger partial charge is 0.191 e. The van der Waals surface area contributed by atoms with Crippen LogP contribution in [0.25, 0.3) is 0 Å². The molecule has 0 radical (unpaired) electrons. The molecular weight excluding hydrogens is 262 g/mol.